The van der Waals surface area contributed by atoms with Crippen molar-refractivity contribution in [1.82, 2.24) is 15.4 Å². The van der Waals surface area contributed by atoms with Crippen LogP contribution >= 0.6 is 27.7 Å². The summed E-state index contributed by atoms with van der Waals surface area (Å²) in [5.41, 5.74) is 4.72. The molecule has 0 radical (unpaired) electrons. The molecule has 0 aliphatic carbocycles. The molecule has 0 unspecified atom stereocenters. The number of nitrogens with one attached hydrogen (secondary N) is 1. The third kappa shape index (κ3) is 7.35. The summed E-state index contributed by atoms with van der Waals surface area (Å²) in [5.74, 6) is -0.677. The number of benzene rings is 1. The quantitative estimate of drug-likeness (QED) is 0.242. The minimum Gasteiger partial charge on any atom is -0.493 e. The zero-order chi connectivity index (χ0) is 21.4. The van der Waals surface area contributed by atoms with Crippen LogP contribution in [0, 0.1) is 13.8 Å². The van der Waals surface area contributed by atoms with E-state index in [4.69, 9.17) is 14.6 Å². The number of hydrogen-bond acceptors (Lipinski definition) is 8. The Kier molecular flexibility index (Phi) is 8.40. The van der Waals surface area contributed by atoms with Crippen molar-refractivity contribution < 1.29 is 24.2 Å². The summed E-state index contributed by atoms with van der Waals surface area (Å²) in [7, 11) is 1.44. The first-order valence-electron chi connectivity index (χ1n) is 8.27. The highest BCUT2D eigenvalue weighted by Gasteiger charge is 2.11. The lowest BCUT2D eigenvalue weighted by molar-refractivity contribution is -0.139. The lowest BCUT2D eigenvalue weighted by Crippen LogP contribution is -2.20. The van der Waals surface area contributed by atoms with Gasteiger partial charge in [0.1, 0.15) is 0 Å². The lowest BCUT2D eigenvalue weighted by atomic mass is 10.2. The fraction of sp³-hybridized carbons (Fsp3) is 0.278. The van der Waals surface area contributed by atoms with Crippen molar-refractivity contribution >= 4 is 45.8 Å². The van der Waals surface area contributed by atoms with Crippen molar-refractivity contribution in [2.75, 3.05) is 19.5 Å². The molecule has 1 amide bonds. The predicted octanol–water partition coefficient (Wildman–Crippen LogP) is 2.57. The maximum Gasteiger partial charge on any atom is 0.341 e. The first-order valence-corrected chi connectivity index (χ1v) is 10.1. The van der Waals surface area contributed by atoms with E-state index in [2.05, 4.69) is 36.4 Å². The average molecular weight is 483 g/mol. The van der Waals surface area contributed by atoms with Crippen LogP contribution in [-0.2, 0) is 9.59 Å². The van der Waals surface area contributed by atoms with Gasteiger partial charge in [-0.15, -0.1) is 0 Å². The summed E-state index contributed by atoms with van der Waals surface area (Å²) < 4.78 is 11.0. The third-order valence-corrected chi connectivity index (χ3v) is 4.86. The number of carbonyl (C=O) groups excluding carboxylic acids is 1. The number of aromatic nitrogens is 2. The number of carbonyl (C=O) groups is 2. The number of aryl methyl sites for hydroxylation is 2. The van der Waals surface area contributed by atoms with Crippen LogP contribution in [-0.4, -0.2) is 52.6 Å². The number of rotatable bonds is 9. The van der Waals surface area contributed by atoms with Crippen LogP contribution in [0.25, 0.3) is 0 Å². The molecule has 0 bridgehead atoms. The van der Waals surface area contributed by atoms with Gasteiger partial charge >= 0.3 is 5.97 Å². The molecule has 1 aromatic carbocycles. The number of nitrogens with zero attached hydrogens (tertiary/aromatic N) is 3. The van der Waals surface area contributed by atoms with Crippen LogP contribution in [0.5, 0.6) is 11.5 Å². The van der Waals surface area contributed by atoms with Gasteiger partial charge in [-0.3, -0.25) is 4.79 Å². The smallest absolute Gasteiger partial charge is 0.341 e. The summed E-state index contributed by atoms with van der Waals surface area (Å²) in [6.07, 6.45) is 1.43. The Morgan fingerprint density at radius 1 is 1.24 bits per heavy atom. The molecule has 154 valence electrons. The normalized spacial score (nSPS) is 10.8. The van der Waals surface area contributed by atoms with Gasteiger partial charge < -0.3 is 14.6 Å². The molecule has 0 fully saturated rings. The molecule has 0 aliphatic rings. The Balaban J connectivity index is 1.96. The number of halogens is 1. The highest BCUT2D eigenvalue weighted by atomic mass is 79.9. The van der Waals surface area contributed by atoms with E-state index < -0.39 is 12.6 Å². The first kappa shape index (κ1) is 22.6. The molecule has 0 atom stereocenters. The minimum atomic E-state index is -1.10. The molecule has 0 saturated carbocycles. The van der Waals surface area contributed by atoms with Crippen molar-refractivity contribution in [3.63, 3.8) is 0 Å². The maximum absolute atomic E-state index is 12.0. The van der Waals surface area contributed by atoms with Gasteiger partial charge in [-0.1, -0.05) is 11.8 Å². The Bertz CT molecular complexity index is 918. The van der Waals surface area contributed by atoms with Gasteiger partial charge in [-0.25, -0.2) is 20.2 Å². The molecule has 9 nitrogen and oxygen atoms in total. The second-order valence-electron chi connectivity index (χ2n) is 5.72. The fourth-order valence-electron chi connectivity index (χ4n) is 2.16. The Morgan fingerprint density at radius 3 is 2.55 bits per heavy atom. The number of methoxy groups -OCH3 is 1. The van der Waals surface area contributed by atoms with Crippen molar-refractivity contribution in [2.24, 2.45) is 5.10 Å². The Labute approximate surface area is 180 Å². The van der Waals surface area contributed by atoms with E-state index in [0.29, 0.717) is 20.9 Å². The standard InChI is InChI=1S/C18H19BrN4O5S/c1-10-4-11(2)22-18(21-10)29-9-16(24)23-20-7-12-5-14(27-3)15(6-13(12)19)28-8-17(25)26/h4-7H,8-9H2,1-3H3,(H,23,24)(H,25,26)/b20-7-. The molecule has 0 spiro atoms. The van der Waals surface area contributed by atoms with Crippen molar-refractivity contribution in [3.05, 3.63) is 39.6 Å². The topological polar surface area (TPSA) is 123 Å². The van der Waals surface area contributed by atoms with Crippen LogP contribution in [0.2, 0.25) is 0 Å². The van der Waals surface area contributed by atoms with Gasteiger partial charge in [0.2, 0.25) is 0 Å². The minimum absolute atomic E-state index is 0.118. The van der Waals surface area contributed by atoms with Crippen molar-refractivity contribution in [1.29, 1.82) is 0 Å². The number of hydrogen-bond donors (Lipinski definition) is 2. The van der Waals surface area contributed by atoms with Crippen molar-refractivity contribution in [2.45, 2.75) is 19.0 Å². The molecule has 29 heavy (non-hydrogen) atoms. The second kappa shape index (κ2) is 10.8. The largest absolute Gasteiger partial charge is 0.493 e. The molecule has 11 heteroatoms. The highest BCUT2D eigenvalue weighted by Crippen LogP contribution is 2.32. The van der Waals surface area contributed by atoms with E-state index in [1.807, 2.05) is 19.9 Å². The van der Waals surface area contributed by atoms with Gasteiger partial charge in [0, 0.05) is 21.4 Å². The highest BCUT2D eigenvalue weighted by molar-refractivity contribution is 9.10. The summed E-state index contributed by atoms with van der Waals surface area (Å²) >= 11 is 4.57. The molecule has 0 saturated heterocycles. The SMILES string of the molecule is COc1cc(/C=N\NC(=O)CSc2nc(C)cc(C)n2)c(Br)cc1OCC(=O)O. The van der Waals surface area contributed by atoms with Gasteiger partial charge in [-0.05, 0) is 48.0 Å². The summed E-state index contributed by atoms with van der Waals surface area (Å²) in [4.78, 5) is 31.2. The molecular formula is C18H19BrN4O5S. The molecule has 2 aromatic rings. The van der Waals surface area contributed by atoms with Crippen molar-refractivity contribution in [3.8, 4) is 11.5 Å². The number of ether oxygens (including phenoxy) is 2. The van der Waals surface area contributed by atoms with E-state index in [9.17, 15) is 9.59 Å². The van der Waals surface area contributed by atoms with Gasteiger partial charge in [0.15, 0.2) is 23.3 Å². The van der Waals surface area contributed by atoms with E-state index in [0.717, 1.165) is 11.4 Å². The fourth-order valence-corrected chi connectivity index (χ4v) is 3.32. The lowest BCUT2D eigenvalue weighted by Gasteiger charge is -2.11. The van der Waals surface area contributed by atoms with Crippen LogP contribution in [0.15, 0.2) is 32.9 Å². The number of carboxylic acids is 1. The van der Waals surface area contributed by atoms with E-state index in [1.54, 1.807) is 12.1 Å². The Morgan fingerprint density at radius 2 is 1.93 bits per heavy atom. The van der Waals surface area contributed by atoms with Gasteiger partial charge in [0.05, 0.1) is 19.1 Å². The summed E-state index contributed by atoms with van der Waals surface area (Å²) in [6, 6.07) is 5.03. The number of hydrazone groups is 1. The molecule has 0 aliphatic heterocycles. The third-order valence-electron chi connectivity index (χ3n) is 3.32. The van der Waals surface area contributed by atoms with Crippen LogP contribution in [0.1, 0.15) is 17.0 Å². The maximum atomic E-state index is 12.0. The van der Waals surface area contributed by atoms with Crippen LogP contribution < -0.4 is 14.9 Å². The molecule has 1 heterocycles. The molecule has 2 rings (SSSR count). The predicted molar refractivity (Wildman–Crippen MR) is 112 cm³/mol. The first-order chi connectivity index (χ1) is 13.8. The number of thioether (sulfide) groups is 1. The van der Waals surface area contributed by atoms with Gasteiger partial charge in [0.25, 0.3) is 5.91 Å². The zero-order valence-electron chi connectivity index (χ0n) is 15.9. The number of carboxylic acid groups (broad SMARTS) is 1. The second-order valence-corrected chi connectivity index (χ2v) is 7.52. The summed E-state index contributed by atoms with van der Waals surface area (Å²) in [6.45, 7) is 3.24. The zero-order valence-corrected chi connectivity index (χ0v) is 18.3. The molecule has 2 N–H and O–H groups in total. The Hall–Kier alpha value is -2.66. The van der Waals surface area contributed by atoms with E-state index >= 15 is 0 Å². The van der Waals surface area contributed by atoms with E-state index in [1.165, 1.54) is 25.1 Å². The van der Waals surface area contributed by atoms with Crippen LogP contribution in [0.4, 0.5) is 0 Å². The molecule has 1 aromatic heterocycles. The van der Waals surface area contributed by atoms with E-state index in [-0.39, 0.29) is 17.4 Å². The van der Waals surface area contributed by atoms with Crippen LogP contribution in [0.3, 0.4) is 0 Å². The molecular weight excluding hydrogens is 464 g/mol. The number of aliphatic carboxylic acids is 1. The van der Waals surface area contributed by atoms with Gasteiger partial charge in [-0.2, -0.15) is 5.10 Å². The average Bonchev–Trinajstić information content (AvgIpc) is 2.65. The number of amides is 1. The summed E-state index contributed by atoms with van der Waals surface area (Å²) in [5, 5.41) is 13.2. The monoisotopic (exact) mass is 482 g/mol.